The van der Waals surface area contributed by atoms with Gasteiger partial charge in [0.25, 0.3) is 5.69 Å². The van der Waals surface area contributed by atoms with Crippen molar-refractivity contribution in [3.8, 4) is 0 Å². The lowest BCUT2D eigenvalue weighted by Gasteiger charge is -2.23. The Morgan fingerprint density at radius 3 is 2.25 bits per heavy atom. The highest BCUT2D eigenvalue weighted by molar-refractivity contribution is 5.92. The molecule has 1 aromatic carbocycles. The molecular weight excluding hydrogens is 312 g/mol. The van der Waals surface area contributed by atoms with Crippen LogP contribution in [-0.4, -0.2) is 32.8 Å². The molecule has 2 saturated carbocycles. The number of nitro benzene ring substituents is 1. The number of amides is 1. The highest BCUT2D eigenvalue weighted by Gasteiger charge is 2.67. The number of carbonyl (C=O) groups excluding carboxylic acids is 1. The number of non-ortho nitro benzene ring substituents is 1. The van der Waals surface area contributed by atoms with Crippen LogP contribution in [0.4, 0.5) is 5.69 Å². The van der Waals surface area contributed by atoms with Crippen molar-refractivity contribution in [2.75, 3.05) is 0 Å². The van der Waals surface area contributed by atoms with Crippen molar-refractivity contribution in [3.05, 3.63) is 39.9 Å². The Hall–Kier alpha value is -2.44. The van der Waals surface area contributed by atoms with Gasteiger partial charge in [0.2, 0.25) is 5.91 Å². The molecule has 0 radical (unpaired) electrons. The Kier molecular flexibility index (Phi) is 3.81. The molecule has 1 aromatic rings. The molecule has 0 heterocycles. The molecule has 24 heavy (non-hydrogen) atoms. The fourth-order valence-corrected chi connectivity index (χ4v) is 3.43. The molecule has 0 unspecified atom stereocenters. The van der Waals surface area contributed by atoms with Crippen molar-refractivity contribution >= 4 is 17.6 Å². The van der Waals surface area contributed by atoms with E-state index in [0.717, 1.165) is 18.4 Å². The quantitative estimate of drug-likeness (QED) is 0.637. The molecule has 2 aliphatic rings. The van der Waals surface area contributed by atoms with Gasteiger partial charge >= 0.3 is 5.97 Å². The largest absolute Gasteiger partial charge is 0.481 e. The zero-order valence-corrected chi connectivity index (χ0v) is 13.6. The van der Waals surface area contributed by atoms with E-state index in [1.54, 1.807) is 17.0 Å². The third-order valence-electron chi connectivity index (χ3n) is 5.13. The summed E-state index contributed by atoms with van der Waals surface area (Å²) in [6, 6.07) is 6.29. The number of aliphatic carboxylic acids is 1. The first kappa shape index (κ1) is 16.4. The van der Waals surface area contributed by atoms with Crippen molar-refractivity contribution < 1.29 is 19.6 Å². The monoisotopic (exact) mass is 332 g/mol. The van der Waals surface area contributed by atoms with E-state index in [1.807, 2.05) is 13.8 Å². The molecule has 7 nitrogen and oxygen atoms in total. The van der Waals surface area contributed by atoms with Gasteiger partial charge in [-0.05, 0) is 23.8 Å². The molecule has 1 N–H and O–H groups in total. The van der Waals surface area contributed by atoms with Crippen LogP contribution in [0.2, 0.25) is 0 Å². The van der Waals surface area contributed by atoms with Gasteiger partial charge in [-0.1, -0.05) is 26.0 Å². The molecule has 0 spiro atoms. The number of rotatable bonds is 6. The molecule has 0 aliphatic heterocycles. The summed E-state index contributed by atoms with van der Waals surface area (Å²) in [6.07, 6.45) is 1.84. The number of carbonyl (C=O) groups is 2. The number of nitro groups is 1. The lowest BCUT2D eigenvalue weighted by molar-refractivity contribution is -0.384. The third kappa shape index (κ3) is 2.86. The van der Waals surface area contributed by atoms with Crippen molar-refractivity contribution in [2.45, 2.75) is 39.3 Å². The highest BCUT2D eigenvalue weighted by atomic mass is 16.6. The van der Waals surface area contributed by atoms with Gasteiger partial charge in [0.05, 0.1) is 16.8 Å². The van der Waals surface area contributed by atoms with Gasteiger partial charge in [-0.2, -0.15) is 0 Å². The summed E-state index contributed by atoms with van der Waals surface area (Å²) >= 11 is 0. The SMILES string of the molecule is CC1(C)[C@H](C(=O)O)[C@@H]1C(=O)N(Cc1ccc([N+](=O)[O-])cc1)C1CC1. The van der Waals surface area contributed by atoms with Crippen LogP contribution in [0.3, 0.4) is 0 Å². The van der Waals surface area contributed by atoms with Crippen LogP contribution in [0.25, 0.3) is 0 Å². The van der Waals surface area contributed by atoms with Crippen LogP contribution >= 0.6 is 0 Å². The zero-order chi connectivity index (χ0) is 17.6. The maximum Gasteiger partial charge on any atom is 0.307 e. The van der Waals surface area contributed by atoms with Crippen LogP contribution in [-0.2, 0) is 16.1 Å². The average Bonchev–Trinajstić information content (AvgIpc) is 3.40. The van der Waals surface area contributed by atoms with E-state index < -0.39 is 28.1 Å². The predicted molar refractivity (Wildman–Crippen MR) is 85.1 cm³/mol. The first-order valence-corrected chi connectivity index (χ1v) is 8.00. The molecule has 2 aliphatic carbocycles. The van der Waals surface area contributed by atoms with E-state index >= 15 is 0 Å². The van der Waals surface area contributed by atoms with Gasteiger partial charge in [-0.3, -0.25) is 19.7 Å². The number of nitrogens with zero attached hydrogens (tertiary/aromatic N) is 2. The number of benzene rings is 1. The Morgan fingerprint density at radius 1 is 1.25 bits per heavy atom. The van der Waals surface area contributed by atoms with Gasteiger partial charge in [0, 0.05) is 24.7 Å². The molecule has 7 heteroatoms. The topological polar surface area (TPSA) is 101 Å². The summed E-state index contributed by atoms with van der Waals surface area (Å²) in [6.45, 7) is 3.98. The van der Waals surface area contributed by atoms with Crippen LogP contribution < -0.4 is 0 Å². The highest BCUT2D eigenvalue weighted by Crippen LogP contribution is 2.59. The molecule has 128 valence electrons. The van der Waals surface area contributed by atoms with Crippen LogP contribution in [0, 0.1) is 27.4 Å². The number of carboxylic acids is 1. The van der Waals surface area contributed by atoms with Crippen LogP contribution in [0.15, 0.2) is 24.3 Å². The third-order valence-corrected chi connectivity index (χ3v) is 5.13. The Balaban J connectivity index is 1.75. The van der Waals surface area contributed by atoms with Gasteiger partial charge in [0.1, 0.15) is 0 Å². The number of carboxylic acid groups (broad SMARTS) is 1. The standard InChI is InChI=1S/C17H20N2O5/c1-17(2)13(14(17)16(21)22)15(20)18(11-7-8-11)9-10-3-5-12(6-4-10)19(23)24/h3-6,11,13-14H,7-9H2,1-2H3,(H,21,22)/t13-,14+/m1/s1. The smallest absolute Gasteiger partial charge is 0.307 e. The summed E-state index contributed by atoms with van der Waals surface area (Å²) in [4.78, 5) is 36.2. The zero-order valence-electron chi connectivity index (χ0n) is 13.6. The van der Waals surface area contributed by atoms with E-state index in [0.29, 0.717) is 6.54 Å². The van der Waals surface area contributed by atoms with E-state index in [1.165, 1.54) is 12.1 Å². The minimum Gasteiger partial charge on any atom is -0.481 e. The van der Waals surface area contributed by atoms with Crippen molar-refractivity contribution in [3.63, 3.8) is 0 Å². The van der Waals surface area contributed by atoms with Gasteiger partial charge in [-0.25, -0.2) is 0 Å². The first-order valence-electron chi connectivity index (χ1n) is 8.00. The number of hydrogen-bond donors (Lipinski definition) is 1. The lowest BCUT2D eigenvalue weighted by Crippen LogP contribution is -2.35. The summed E-state index contributed by atoms with van der Waals surface area (Å²) in [5, 5.41) is 20.0. The molecule has 2 fully saturated rings. The average molecular weight is 332 g/mol. The normalized spacial score (nSPS) is 24.2. The van der Waals surface area contributed by atoms with Gasteiger partial charge < -0.3 is 10.0 Å². The summed E-state index contributed by atoms with van der Waals surface area (Å²) in [7, 11) is 0. The second kappa shape index (κ2) is 5.58. The van der Waals surface area contributed by atoms with E-state index in [2.05, 4.69) is 0 Å². The van der Waals surface area contributed by atoms with Crippen molar-refractivity contribution in [1.82, 2.24) is 4.90 Å². The van der Waals surface area contributed by atoms with Gasteiger partial charge in [0.15, 0.2) is 0 Å². The Bertz CT molecular complexity index is 693. The molecule has 0 bridgehead atoms. The number of hydrogen-bond acceptors (Lipinski definition) is 4. The Morgan fingerprint density at radius 2 is 1.83 bits per heavy atom. The van der Waals surface area contributed by atoms with E-state index in [4.69, 9.17) is 0 Å². The molecule has 2 atom stereocenters. The Labute approximate surface area is 139 Å². The second-order valence-electron chi connectivity index (χ2n) is 7.24. The van der Waals surface area contributed by atoms with Crippen LogP contribution in [0.5, 0.6) is 0 Å². The van der Waals surface area contributed by atoms with Crippen LogP contribution in [0.1, 0.15) is 32.3 Å². The predicted octanol–water partition coefficient (Wildman–Crippen LogP) is 2.44. The molecule has 0 saturated heterocycles. The first-order chi connectivity index (χ1) is 11.2. The second-order valence-corrected chi connectivity index (χ2v) is 7.24. The molecular formula is C17H20N2O5. The van der Waals surface area contributed by atoms with E-state index in [9.17, 15) is 24.8 Å². The van der Waals surface area contributed by atoms with Crippen molar-refractivity contribution in [2.24, 2.45) is 17.3 Å². The van der Waals surface area contributed by atoms with E-state index in [-0.39, 0.29) is 17.6 Å². The summed E-state index contributed by atoms with van der Waals surface area (Å²) in [5.74, 6) is -2.17. The molecule has 3 rings (SSSR count). The minimum atomic E-state index is -0.926. The van der Waals surface area contributed by atoms with Gasteiger partial charge in [-0.15, -0.1) is 0 Å². The summed E-state index contributed by atoms with van der Waals surface area (Å²) < 4.78 is 0. The summed E-state index contributed by atoms with van der Waals surface area (Å²) in [5.41, 5.74) is 0.300. The molecule has 0 aromatic heterocycles. The maximum absolute atomic E-state index is 12.9. The fourth-order valence-electron chi connectivity index (χ4n) is 3.43. The lowest BCUT2D eigenvalue weighted by atomic mass is 10.1. The fraction of sp³-hybridized carbons (Fsp3) is 0.529. The van der Waals surface area contributed by atoms with Crippen molar-refractivity contribution in [1.29, 1.82) is 0 Å². The maximum atomic E-state index is 12.9. The molecule has 1 amide bonds. The minimum absolute atomic E-state index is 0.0114.